The second-order valence-electron chi connectivity index (χ2n) is 7.19. The Balaban J connectivity index is 1.87. The van der Waals surface area contributed by atoms with Crippen LogP contribution >= 0.6 is 11.6 Å². The van der Waals surface area contributed by atoms with Crippen molar-refractivity contribution in [1.29, 1.82) is 0 Å². The molecule has 0 radical (unpaired) electrons. The molecule has 28 heavy (non-hydrogen) atoms. The number of rotatable bonds is 7. The number of halogens is 2. The van der Waals surface area contributed by atoms with Gasteiger partial charge in [0.25, 0.3) is 0 Å². The van der Waals surface area contributed by atoms with Gasteiger partial charge < -0.3 is 15.4 Å². The Morgan fingerprint density at radius 3 is 2.61 bits per heavy atom. The number of sulfonamides is 1. The highest BCUT2D eigenvalue weighted by Gasteiger charge is 2.25. The second-order valence-corrected chi connectivity index (χ2v) is 9.68. The van der Waals surface area contributed by atoms with Crippen molar-refractivity contribution < 1.29 is 17.5 Å². The summed E-state index contributed by atoms with van der Waals surface area (Å²) in [5.41, 5.74) is 0.427. The van der Waals surface area contributed by atoms with E-state index >= 15 is 0 Å². The van der Waals surface area contributed by atoms with Gasteiger partial charge in [0.1, 0.15) is 5.82 Å². The molecule has 1 fully saturated rings. The molecule has 158 valence electrons. The normalized spacial score (nSPS) is 16.8. The largest absolute Gasteiger partial charge is 0.379 e. The molecule has 1 aromatic rings. The van der Waals surface area contributed by atoms with Crippen LogP contribution in [0.1, 0.15) is 19.4 Å². The van der Waals surface area contributed by atoms with Gasteiger partial charge >= 0.3 is 0 Å². The van der Waals surface area contributed by atoms with Gasteiger partial charge in [0.15, 0.2) is 5.96 Å². The molecular weight excluding hydrogens is 407 g/mol. The van der Waals surface area contributed by atoms with E-state index in [0.29, 0.717) is 43.8 Å². The number of nitrogens with one attached hydrogen (secondary N) is 2. The van der Waals surface area contributed by atoms with E-state index in [1.807, 2.05) is 13.8 Å². The molecule has 7 nitrogen and oxygen atoms in total. The molecule has 0 aliphatic carbocycles. The Kier molecular flexibility index (Phi) is 8.06. The number of morpholine rings is 1. The van der Waals surface area contributed by atoms with Crippen LogP contribution in [-0.4, -0.2) is 70.9 Å². The van der Waals surface area contributed by atoms with Crippen molar-refractivity contribution in [2.75, 3.05) is 52.2 Å². The molecule has 0 spiro atoms. The zero-order valence-corrected chi connectivity index (χ0v) is 18.0. The van der Waals surface area contributed by atoms with Gasteiger partial charge in [-0.2, -0.15) is 4.31 Å². The lowest BCUT2D eigenvalue weighted by molar-refractivity contribution is 0.0730. The quantitative estimate of drug-likeness (QED) is 0.503. The summed E-state index contributed by atoms with van der Waals surface area (Å²) in [6.45, 7) is 6.31. The lowest BCUT2D eigenvalue weighted by Gasteiger charge is -2.28. The fraction of sp³-hybridized carbons (Fsp3) is 0.611. The first kappa shape index (κ1) is 22.9. The number of hydrogen-bond donors (Lipinski definition) is 2. The molecular formula is C18H28ClFN4O3S. The molecule has 1 heterocycles. The van der Waals surface area contributed by atoms with Crippen molar-refractivity contribution >= 4 is 27.6 Å². The smallest absolute Gasteiger partial charge is 0.215 e. The molecule has 0 aromatic heterocycles. The molecule has 0 unspecified atom stereocenters. The maximum absolute atomic E-state index is 13.3. The number of nitrogens with zero attached hydrogens (tertiary/aromatic N) is 2. The number of hydrogen-bond acceptors (Lipinski definition) is 4. The maximum atomic E-state index is 13.3. The first-order valence-corrected chi connectivity index (χ1v) is 11.1. The average Bonchev–Trinajstić information content (AvgIpc) is 2.65. The van der Waals surface area contributed by atoms with E-state index in [1.54, 1.807) is 13.1 Å². The third kappa shape index (κ3) is 6.30. The molecule has 1 aliphatic rings. The highest BCUT2D eigenvalue weighted by Crippen LogP contribution is 2.29. The Morgan fingerprint density at radius 1 is 1.32 bits per heavy atom. The minimum absolute atomic E-state index is 0.0269. The van der Waals surface area contributed by atoms with Gasteiger partial charge in [-0.25, -0.2) is 12.8 Å². The number of ether oxygens (including phenoxy) is 1. The van der Waals surface area contributed by atoms with Crippen molar-refractivity contribution in [3.63, 3.8) is 0 Å². The predicted molar refractivity (Wildman–Crippen MR) is 110 cm³/mol. The predicted octanol–water partition coefficient (Wildman–Crippen LogP) is 1.58. The fourth-order valence-electron chi connectivity index (χ4n) is 2.91. The van der Waals surface area contributed by atoms with Crippen molar-refractivity contribution in [2.24, 2.45) is 4.99 Å². The van der Waals surface area contributed by atoms with E-state index in [1.165, 1.54) is 16.4 Å². The maximum Gasteiger partial charge on any atom is 0.215 e. The Hall–Kier alpha value is -1.42. The van der Waals surface area contributed by atoms with Gasteiger partial charge in [-0.05, 0) is 17.7 Å². The van der Waals surface area contributed by atoms with Crippen LogP contribution in [0.2, 0.25) is 5.02 Å². The monoisotopic (exact) mass is 434 g/mol. The first-order chi connectivity index (χ1) is 13.2. The van der Waals surface area contributed by atoms with E-state index in [4.69, 9.17) is 16.3 Å². The van der Waals surface area contributed by atoms with Crippen LogP contribution in [0.5, 0.6) is 0 Å². The summed E-state index contributed by atoms with van der Waals surface area (Å²) in [5, 5.41) is 6.56. The van der Waals surface area contributed by atoms with E-state index in [9.17, 15) is 12.8 Å². The first-order valence-electron chi connectivity index (χ1n) is 9.11. The highest BCUT2D eigenvalue weighted by atomic mass is 35.5. The molecule has 1 saturated heterocycles. The number of benzene rings is 1. The topological polar surface area (TPSA) is 83.0 Å². The lowest BCUT2D eigenvalue weighted by atomic mass is 9.84. The Labute approximate surface area is 171 Å². The molecule has 0 bridgehead atoms. The van der Waals surface area contributed by atoms with E-state index in [0.717, 1.165) is 5.56 Å². The second kappa shape index (κ2) is 9.87. The zero-order chi connectivity index (χ0) is 20.8. The van der Waals surface area contributed by atoms with Gasteiger partial charge in [0, 0.05) is 43.7 Å². The van der Waals surface area contributed by atoms with Crippen LogP contribution in [0.4, 0.5) is 4.39 Å². The van der Waals surface area contributed by atoms with Crippen LogP contribution < -0.4 is 10.6 Å². The Bertz CT molecular complexity index is 796. The molecule has 0 amide bonds. The average molecular weight is 435 g/mol. The molecule has 0 saturated carbocycles. The van der Waals surface area contributed by atoms with Gasteiger partial charge in [-0.3, -0.25) is 4.99 Å². The van der Waals surface area contributed by atoms with E-state index in [-0.39, 0.29) is 23.5 Å². The summed E-state index contributed by atoms with van der Waals surface area (Å²) >= 11 is 6.18. The van der Waals surface area contributed by atoms with Gasteiger partial charge in [0.2, 0.25) is 10.0 Å². The summed E-state index contributed by atoms with van der Waals surface area (Å²) in [5.74, 6) is 0.0842. The summed E-state index contributed by atoms with van der Waals surface area (Å²) in [6, 6.07) is 4.35. The van der Waals surface area contributed by atoms with Crippen LogP contribution in [0.25, 0.3) is 0 Å². The fourth-order valence-corrected chi connectivity index (χ4v) is 4.66. The molecule has 10 heteroatoms. The highest BCUT2D eigenvalue weighted by molar-refractivity contribution is 7.89. The molecule has 1 aromatic carbocycles. The van der Waals surface area contributed by atoms with Crippen LogP contribution in [0.3, 0.4) is 0 Å². The molecule has 0 atom stereocenters. The van der Waals surface area contributed by atoms with E-state index in [2.05, 4.69) is 15.6 Å². The van der Waals surface area contributed by atoms with E-state index < -0.39 is 10.0 Å². The third-order valence-corrected chi connectivity index (χ3v) is 6.78. The van der Waals surface area contributed by atoms with Gasteiger partial charge in [-0.15, -0.1) is 0 Å². The minimum atomic E-state index is -3.33. The molecule has 2 N–H and O–H groups in total. The minimum Gasteiger partial charge on any atom is -0.379 e. The third-order valence-electron chi connectivity index (χ3n) is 4.60. The van der Waals surface area contributed by atoms with Crippen LogP contribution in [0.15, 0.2) is 23.2 Å². The van der Waals surface area contributed by atoms with Crippen molar-refractivity contribution in [3.05, 3.63) is 34.6 Å². The lowest BCUT2D eigenvalue weighted by Crippen LogP contribution is -2.47. The summed E-state index contributed by atoms with van der Waals surface area (Å²) < 4.78 is 44.6. The van der Waals surface area contributed by atoms with Crippen LogP contribution in [-0.2, 0) is 20.2 Å². The SMILES string of the molecule is CN=C(NCCS(=O)(=O)N1CCOCC1)NCC(C)(C)c1ccc(F)cc1Cl. The number of aliphatic imine (C=N–C) groups is 1. The Morgan fingerprint density at radius 2 is 2.00 bits per heavy atom. The summed E-state index contributed by atoms with van der Waals surface area (Å²) in [6.07, 6.45) is 0. The van der Waals surface area contributed by atoms with Crippen molar-refractivity contribution in [3.8, 4) is 0 Å². The van der Waals surface area contributed by atoms with Crippen molar-refractivity contribution in [1.82, 2.24) is 14.9 Å². The number of guanidine groups is 1. The molecule has 1 aliphatic heterocycles. The summed E-state index contributed by atoms with van der Waals surface area (Å²) in [4.78, 5) is 4.13. The van der Waals surface area contributed by atoms with Gasteiger partial charge in [0.05, 0.1) is 19.0 Å². The van der Waals surface area contributed by atoms with Gasteiger partial charge in [-0.1, -0.05) is 31.5 Å². The molecule has 2 rings (SSSR count). The van der Waals surface area contributed by atoms with Crippen molar-refractivity contribution in [2.45, 2.75) is 19.3 Å². The standard InChI is InChI=1S/C18H28ClFN4O3S/c1-18(2,15-5-4-14(20)12-16(15)19)13-23-17(21-3)22-6-11-28(25,26)24-7-9-27-10-8-24/h4-5,12H,6-11,13H2,1-3H3,(H2,21,22,23). The zero-order valence-electron chi connectivity index (χ0n) is 16.5. The van der Waals surface area contributed by atoms with Crippen LogP contribution in [0, 0.1) is 5.82 Å². The summed E-state index contributed by atoms with van der Waals surface area (Å²) in [7, 11) is -1.71.